The third-order valence-electron chi connectivity index (χ3n) is 3.59. The summed E-state index contributed by atoms with van der Waals surface area (Å²) in [5.41, 5.74) is 6.91. The molecule has 0 aliphatic carbocycles. The minimum absolute atomic E-state index is 0.0752. The smallest absolute Gasteiger partial charge is 0.270 e. The van der Waals surface area contributed by atoms with Gasteiger partial charge in [-0.15, -0.1) is 0 Å². The Morgan fingerprint density at radius 3 is 2.75 bits per heavy atom. The van der Waals surface area contributed by atoms with Crippen molar-refractivity contribution < 1.29 is 10.1 Å². The molecular formula is C13H18N4O3. The summed E-state index contributed by atoms with van der Waals surface area (Å²) in [6, 6.07) is 4.44. The Bertz CT molecular complexity index is 569. The van der Waals surface area contributed by atoms with Gasteiger partial charge in [0.25, 0.3) is 5.69 Å². The molecule has 20 heavy (non-hydrogen) atoms. The summed E-state index contributed by atoms with van der Waals surface area (Å²) in [7, 11) is 0. The molecule has 1 aromatic rings. The number of oxime groups is 1. The van der Waals surface area contributed by atoms with Crippen molar-refractivity contribution in [1.29, 1.82) is 0 Å². The largest absolute Gasteiger partial charge is 0.409 e. The first-order valence-electron chi connectivity index (χ1n) is 6.35. The molecule has 0 atom stereocenters. The van der Waals surface area contributed by atoms with Gasteiger partial charge in [0.2, 0.25) is 0 Å². The molecule has 0 aromatic heterocycles. The summed E-state index contributed by atoms with van der Waals surface area (Å²) in [6.07, 6.45) is 1.03. The van der Waals surface area contributed by atoms with Gasteiger partial charge in [-0.2, -0.15) is 0 Å². The number of nitrogens with zero attached hydrogens (tertiary/aromatic N) is 3. The van der Waals surface area contributed by atoms with E-state index in [0.29, 0.717) is 5.56 Å². The fraction of sp³-hybridized carbons (Fsp3) is 0.462. The second-order valence-electron chi connectivity index (χ2n) is 5.78. The maximum atomic E-state index is 10.8. The number of hydrogen-bond donors (Lipinski definition) is 2. The molecule has 0 spiro atoms. The van der Waals surface area contributed by atoms with Crippen LogP contribution in [0.1, 0.15) is 25.8 Å². The van der Waals surface area contributed by atoms with E-state index < -0.39 is 4.92 Å². The molecule has 7 nitrogen and oxygen atoms in total. The van der Waals surface area contributed by atoms with Crippen molar-refractivity contribution in [2.75, 3.05) is 18.0 Å². The first-order valence-corrected chi connectivity index (χ1v) is 6.35. The summed E-state index contributed by atoms with van der Waals surface area (Å²) in [5, 5.41) is 22.7. The molecule has 7 heteroatoms. The van der Waals surface area contributed by atoms with E-state index in [4.69, 9.17) is 10.9 Å². The lowest BCUT2D eigenvalue weighted by molar-refractivity contribution is -0.384. The molecule has 1 heterocycles. The van der Waals surface area contributed by atoms with Crippen LogP contribution in [-0.4, -0.2) is 29.1 Å². The number of hydrogen-bond acceptors (Lipinski definition) is 5. The van der Waals surface area contributed by atoms with Gasteiger partial charge in [0.05, 0.1) is 10.5 Å². The monoisotopic (exact) mass is 278 g/mol. The Kier molecular flexibility index (Phi) is 3.52. The molecule has 1 saturated heterocycles. The van der Waals surface area contributed by atoms with E-state index in [9.17, 15) is 10.1 Å². The molecule has 0 bridgehead atoms. The fourth-order valence-electron chi connectivity index (χ4n) is 2.49. The molecule has 0 amide bonds. The molecule has 0 saturated carbocycles. The number of nitrogens with two attached hydrogens (primary N) is 1. The van der Waals surface area contributed by atoms with Crippen LogP contribution in [0.15, 0.2) is 23.4 Å². The molecule has 2 rings (SSSR count). The van der Waals surface area contributed by atoms with Crippen LogP contribution < -0.4 is 10.6 Å². The third kappa shape index (κ3) is 2.66. The Hall–Kier alpha value is -2.31. The number of rotatable bonds is 3. The zero-order valence-corrected chi connectivity index (χ0v) is 11.5. The van der Waals surface area contributed by atoms with Gasteiger partial charge in [-0.1, -0.05) is 19.0 Å². The van der Waals surface area contributed by atoms with E-state index in [-0.39, 0.29) is 16.9 Å². The van der Waals surface area contributed by atoms with E-state index in [1.54, 1.807) is 6.07 Å². The minimum Gasteiger partial charge on any atom is -0.409 e. The summed E-state index contributed by atoms with van der Waals surface area (Å²) in [6.45, 7) is 6.01. The molecule has 3 N–H and O–H groups in total. The van der Waals surface area contributed by atoms with Gasteiger partial charge in [-0.25, -0.2) is 0 Å². The summed E-state index contributed by atoms with van der Waals surface area (Å²) in [4.78, 5) is 12.5. The maximum absolute atomic E-state index is 10.8. The maximum Gasteiger partial charge on any atom is 0.270 e. The van der Waals surface area contributed by atoms with Crippen LogP contribution in [0.25, 0.3) is 0 Å². The minimum atomic E-state index is -0.494. The number of nitro groups is 1. The standard InChI is InChI=1S/C13H18N4O3/c1-13(2)5-6-16(8-13)11-4-3-9(17(19)20)7-10(11)12(14)15-18/h3-4,7,18H,5-6,8H2,1-2H3,(H2,14,15). The molecule has 0 radical (unpaired) electrons. The van der Waals surface area contributed by atoms with Gasteiger partial charge in [-0.05, 0) is 17.9 Å². The quantitative estimate of drug-likeness (QED) is 0.289. The van der Waals surface area contributed by atoms with Crippen LogP contribution in [0.4, 0.5) is 11.4 Å². The predicted molar refractivity (Wildman–Crippen MR) is 76.2 cm³/mol. The van der Waals surface area contributed by atoms with Gasteiger partial charge in [-0.3, -0.25) is 10.1 Å². The first kappa shape index (κ1) is 14.1. The molecule has 1 fully saturated rings. The predicted octanol–water partition coefficient (Wildman–Crippen LogP) is 1.93. The molecule has 1 aliphatic heterocycles. The number of anilines is 1. The molecule has 108 valence electrons. The number of benzene rings is 1. The number of nitro benzene ring substituents is 1. The average Bonchev–Trinajstić information content (AvgIpc) is 2.77. The van der Waals surface area contributed by atoms with Crippen LogP contribution >= 0.6 is 0 Å². The van der Waals surface area contributed by atoms with Crippen molar-refractivity contribution >= 4 is 17.2 Å². The van der Waals surface area contributed by atoms with Crippen LogP contribution in [-0.2, 0) is 0 Å². The highest BCUT2D eigenvalue weighted by molar-refractivity contribution is 6.02. The van der Waals surface area contributed by atoms with E-state index in [0.717, 1.165) is 25.2 Å². The summed E-state index contributed by atoms with van der Waals surface area (Å²) in [5.74, 6) is -0.117. The lowest BCUT2D eigenvalue weighted by atomic mass is 9.93. The normalized spacial score (nSPS) is 18.3. The highest BCUT2D eigenvalue weighted by atomic mass is 16.6. The van der Waals surface area contributed by atoms with Crippen LogP contribution in [0.2, 0.25) is 0 Å². The molecule has 0 unspecified atom stereocenters. The Morgan fingerprint density at radius 2 is 2.25 bits per heavy atom. The Balaban J connectivity index is 2.45. The van der Waals surface area contributed by atoms with Gasteiger partial charge in [0, 0.05) is 30.9 Å². The van der Waals surface area contributed by atoms with Crippen LogP contribution in [0.3, 0.4) is 0 Å². The fourth-order valence-corrected chi connectivity index (χ4v) is 2.49. The van der Waals surface area contributed by atoms with E-state index in [2.05, 4.69) is 23.9 Å². The first-order chi connectivity index (χ1) is 9.34. The van der Waals surface area contributed by atoms with E-state index >= 15 is 0 Å². The number of non-ortho nitro benzene ring substituents is 1. The average molecular weight is 278 g/mol. The number of amidine groups is 1. The molecule has 1 aromatic carbocycles. The lowest BCUT2D eigenvalue weighted by Crippen LogP contribution is -2.26. The summed E-state index contributed by atoms with van der Waals surface area (Å²) >= 11 is 0. The van der Waals surface area contributed by atoms with Crippen molar-refractivity contribution in [1.82, 2.24) is 0 Å². The van der Waals surface area contributed by atoms with Crippen LogP contribution in [0.5, 0.6) is 0 Å². The Labute approximate surface area is 116 Å². The van der Waals surface area contributed by atoms with Gasteiger partial charge in [0.15, 0.2) is 5.84 Å². The van der Waals surface area contributed by atoms with Gasteiger partial charge >= 0.3 is 0 Å². The second kappa shape index (κ2) is 4.99. The van der Waals surface area contributed by atoms with Crippen molar-refractivity contribution in [3.05, 3.63) is 33.9 Å². The van der Waals surface area contributed by atoms with Gasteiger partial charge in [0.1, 0.15) is 0 Å². The zero-order valence-electron chi connectivity index (χ0n) is 11.5. The van der Waals surface area contributed by atoms with Crippen molar-refractivity contribution in [3.8, 4) is 0 Å². The highest BCUT2D eigenvalue weighted by Gasteiger charge is 2.31. The topological polar surface area (TPSA) is 105 Å². The summed E-state index contributed by atoms with van der Waals surface area (Å²) < 4.78 is 0. The van der Waals surface area contributed by atoms with E-state index in [1.165, 1.54) is 12.1 Å². The van der Waals surface area contributed by atoms with Crippen molar-refractivity contribution in [2.24, 2.45) is 16.3 Å². The van der Waals surface area contributed by atoms with Gasteiger partial charge < -0.3 is 15.8 Å². The molecule has 1 aliphatic rings. The van der Waals surface area contributed by atoms with Crippen LogP contribution in [0, 0.1) is 15.5 Å². The molecular weight excluding hydrogens is 260 g/mol. The van der Waals surface area contributed by atoms with Crippen molar-refractivity contribution in [3.63, 3.8) is 0 Å². The van der Waals surface area contributed by atoms with Crippen molar-refractivity contribution in [2.45, 2.75) is 20.3 Å². The lowest BCUT2D eigenvalue weighted by Gasteiger charge is -2.23. The SMILES string of the molecule is CC1(C)CCN(c2ccc([N+](=O)[O-])cc2/C(N)=N/O)C1. The zero-order chi connectivity index (χ0) is 14.9. The van der Waals surface area contributed by atoms with E-state index in [1.807, 2.05) is 0 Å². The Morgan fingerprint density at radius 1 is 1.55 bits per heavy atom. The second-order valence-corrected chi connectivity index (χ2v) is 5.78. The third-order valence-corrected chi connectivity index (χ3v) is 3.59. The highest BCUT2D eigenvalue weighted by Crippen LogP contribution is 2.35.